The van der Waals surface area contributed by atoms with Gasteiger partial charge >= 0.3 is 11.9 Å². The molecule has 2 amide bonds. The zero-order valence-corrected chi connectivity index (χ0v) is 25.1. The molecule has 0 saturated carbocycles. The highest BCUT2D eigenvalue weighted by Crippen LogP contribution is 2.42. The normalized spacial score (nSPS) is 18.9. The Labute approximate surface area is 246 Å². The minimum atomic E-state index is -0.968. The third-order valence-corrected chi connectivity index (χ3v) is 8.75. The van der Waals surface area contributed by atoms with Crippen molar-refractivity contribution in [3.8, 4) is 0 Å². The Balaban J connectivity index is 1.52. The van der Waals surface area contributed by atoms with Crippen molar-refractivity contribution in [1.82, 2.24) is 35.4 Å². The van der Waals surface area contributed by atoms with E-state index in [0.717, 1.165) is 11.3 Å². The van der Waals surface area contributed by atoms with Crippen LogP contribution in [0.3, 0.4) is 0 Å². The molecule has 0 aliphatic carbocycles. The van der Waals surface area contributed by atoms with E-state index < -0.39 is 47.4 Å². The second-order valence-electron chi connectivity index (χ2n) is 9.61. The Morgan fingerprint density at radius 2 is 2.05 bits per heavy atom. The second-order valence-corrected chi connectivity index (χ2v) is 12.5. The highest BCUT2D eigenvalue weighted by molar-refractivity contribution is 8.01. The number of aromatic nitrogens is 5. The van der Waals surface area contributed by atoms with Gasteiger partial charge in [-0.1, -0.05) is 16.9 Å². The maximum atomic E-state index is 13.3. The summed E-state index contributed by atoms with van der Waals surface area (Å²) in [5.74, 6) is -2.02. The van der Waals surface area contributed by atoms with Crippen LogP contribution in [0.4, 0.5) is 5.13 Å². The molecule has 41 heavy (non-hydrogen) atoms. The van der Waals surface area contributed by atoms with Crippen molar-refractivity contribution < 1.29 is 33.5 Å². The number of oxime groups is 1. The van der Waals surface area contributed by atoms with E-state index >= 15 is 0 Å². The number of rotatable bonds is 10. The van der Waals surface area contributed by atoms with Crippen LogP contribution in [0, 0.1) is 5.41 Å². The maximum Gasteiger partial charge on any atom is 0.357 e. The molecule has 1 fully saturated rings. The van der Waals surface area contributed by atoms with Gasteiger partial charge in [0.1, 0.15) is 29.9 Å². The van der Waals surface area contributed by atoms with E-state index in [4.69, 9.17) is 20.0 Å². The van der Waals surface area contributed by atoms with Gasteiger partial charge in [0.2, 0.25) is 11.9 Å². The Bertz CT molecular complexity index is 1420. The molecule has 0 aromatic carbocycles. The minimum absolute atomic E-state index is 0.0109. The van der Waals surface area contributed by atoms with E-state index in [1.165, 1.54) is 45.6 Å². The molecular formula is C22H27N9O7S3. The zero-order chi connectivity index (χ0) is 29.9. The smallest absolute Gasteiger partial charge is 0.357 e. The SMILES string of the molecule is CO/N=C(\C(=O)NC1C(=O)N2C(C(=O)OCOC(=O)C(C)(C)C)=C(CSc3nnnn3C)CS[C@H]12)c1csc(N)n1. The lowest BCUT2D eigenvalue weighted by atomic mass is 9.98. The largest absolute Gasteiger partial charge is 0.427 e. The predicted octanol–water partition coefficient (Wildman–Crippen LogP) is 0.136. The fourth-order valence-corrected chi connectivity index (χ4v) is 6.48. The van der Waals surface area contributed by atoms with Crippen LogP contribution in [0.1, 0.15) is 26.5 Å². The van der Waals surface area contributed by atoms with Gasteiger partial charge in [0.15, 0.2) is 10.8 Å². The van der Waals surface area contributed by atoms with Crippen LogP contribution in [-0.4, -0.2) is 96.4 Å². The molecule has 4 heterocycles. The van der Waals surface area contributed by atoms with Gasteiger partial charge in [0, 0.05) is 23.9 Å². The van der Waals surface area contributed by atoms with Crippen molar-refractivity contribution in [2.45, 2.75) is 37.3 Å². The molecule has 0 bridgehead atoms. The molecule has 1 unspecified atom stereocenters. The van der Waals surface area contributed by atoms with Crippen LogP contribution in [0.5, 0.6) is 0 Å². The Morgan fingerprint density at radius 1 is 1.29 bits per heavy atom. The van der Waals surface area contributed by atoms with Gasteiger partial charge in [0.25, 0.3) is 11.8 Å². The van der Waals surface area contributed by atoms with Crippen molar-refractivity contribution >= 4 is 69.5 Å². The fraction of sp³-hybridized carbons (Fsp3) is 0.500. The number of aryl methyl sites for hydroxylation is 1. The average Bonchev–Trinajstić information content (AvgIpc) is 3.54. The van der Waals surface area contributed by atoms with Gasteiger partial charge in [-0.2, -0.15) is 0 Å². The quantitative estimate of drug-likeness (QED) is 0.0899. The Kier molecular flexibility index (Phi) is 9.17. The number of tetrazole rings is 1. The molecule has 19 heteroatoms. The van der Waals surface area contributed by atoms with Crippen molar-refractivity contribution in [2.24, 2.45) is 17.6 Å². The third-order valence-electron chi connectivity index (χ3n) is 5.64. The van der Waals surface area contributed by atoms with Crippen LogP contribution < -0.4 is 11.1 Å². The van der Waals surface area contributed by atoms with Crippen molar-refractivity contribution in [3.63, 3.8) is 0 Å². The van der Waals surface area contributed by atoms with Crippen molar-refractivity contribution in [3.05, 3.63) is 22.3 Å². The molecule has 2 aromatic rings. The number of nitrogens with one attached hydrogen (secondary N) is 1. The van der Waals surface area contributed by atoms with Gasteiger partial charge in [-0.25, -0.2) is 14.5 Å². The lowest BCUT2D eigenvalue weighted by Gasteiger charge is -2.49. The molecule has 2 atom stereocenters. The monoisotopic (exact) mass is 625 g/mol. The molecule has 0 radical (unpaired) electrons. The predicted molar refractivity (Wildman–Crippen MR) is 148 cm³/mol. The second kappa shape index (κ2) is 12.4. The van der Waals surface area contributed by atoms with E-state index in [1.54, 1.807) is 27.8 Å². The van der Waals surface area contributed by atoms with Gasteiger partial charge in [-0.15, -0.1) is 28.2 Å². The average molecular weight is 626 g/mol. The zero-order valence-electron chi connectivity index (χ0n) is 22.6. The number of carbonyl (C=O) groups excluding carboxylic acids is 4. The molecule has 2 aromatic heterocycles. The van der Waals surface area contributed by atoms with Crippen molar-refractivity contribution in [1.29, 1.82) is 0 Å². The summed E-state index contributed by atoms with van der Waals surface area (Å²) in [6.45, 7) is 4.37. The summed E-state index contributed by atoms with van der Waals surface area (Å²) in [4.78, 5) is 61.8. The summed E-state index contributed by atoms with van der Waals surface area (Å²) in [5.41, 5.74) is 5.52. The highest BCUT2D eigenvalue weighted by atomic mass is 32.2. The summed E-state index contributed by atoms with van der Waals surface area (Å²) >= 11 is 3.75. The van der Waals surface area contributed by atoms with Crippen molar-refractivity contribution in [2.75, 3.05) is 31.1 Å². The summed E-state index contributed by atoms with van der Waals surface area (Å²) < 4.78 is 11.8. The van der Waals surface area contributed by atoms with E-state index in [2.05, 4.69) is 31.0 Å². The molecule has 4 rings (SSSR count). The molecule has 0 spiro atoms. The molecule has 16 nitrogen and oxygen atoms in total. The summed E-state index contributed by atoms with van der Waals surface area (Å²) in [6.07, 6.45) is 0. The maximum absolute atomic E-state index is 13.3. The van der Waals surface area contributed by atoms with Gasteiger partial charge in [-0.05, 0) is 36.8 Å². The number of esters is 2. The van der Waals surface area contributed by atoms with Gasteiger partial charge in [-0.3, -0.25) is 19.3 Å². The first-order valence-corrected chi connectivity index (χ1v) is 14.8. The molecule has 2 aliphatic rings. The minimum Gasteiger partial charge on any atom is -0.427 e. The Morgan fingerprint density at radius 3 is 2.66 bits per heavy atom. The first-order chi connectivity index (χ1) is 19.4. The van der Waals surface area contributed by atoms with E-state index in [-0.39, 0.29) is 28.0 Å². The van der Waals surface area contributed by atoms with Crippen LogP contribution in [0.2, 0.25) is 0 Å². The molecular weight excluding hydrogens is 598 g/mol. The van der Waals surface area contributed by atoms with Crippen LogP contribution >= 0.6 is 34.9 Å². The number of fused-ring (bicyclic) bond motifs is 1. The van der Waals surface area contributed by atoms with E-state index in [9.17, 15) is 19.2 Å². The van der Waals surface area contributed by atoms with E-state index in [0.29, 0.717) is 16.5 Å². The molecule has 1 saturated heterocycles. The van der Waals surface area contributed by atoms with Gasteiger partial charge < -0.3 is 25.4 Å². The number of hydrogen-bond donors (Lipinski definition) is 2. The van der Waals surface area contributed by atoms with Crippen LogP contribution in [0.25, 0.3) is 0 Å². The number of thioether (sulfide) groups is 2. The number of ether oxygens (including phenoxy) is 2. The number of nitrogens with two attached hydrogens (primary N) is 1. The number of hydrogen-bond acceptors (Lipinski definition) is 16. The Hall–Kier alpha value is -3.71. The van der Waals surface area contributed by atoms with Gasteiger partial charge in [0.05, 0.1) is 5.41 Å². The summed E-state index contributed by atoms with van der Waals surface area (Å²) in [7, 11) is 2.95. The first kappa shape index (κ1) is 30.3. The number of β-lactam (4-membered cyclic amide) rings is 1. The van der Waals surface area contributed by atoms with E-state index in [1.807, 2.05) is 0 Å². The fourth-order valence-electron chi connectivity index (χ4n) is 3.60. The number of thiazole rings is 1. The molecule has 220 valence electrons. The lowest BCUT2D eigenvalue weighted by molar-refractivity contribution is -0.173. The number of nitrogen functional groups attached to an aromatic ring is 1. The number of anilines is 1. The highest BCUT2D eigenvalue weighted by Gasteiger charge is 2.54. The summed E-state index contributed by atoms with van der Waals surface area (Å²) in [5, 5.41) is 19.4. The summed E-state index contributed by atoms with van der Waals surface area (Å²) in [6, 6.07) is -0.968. The standard InChI is InChI=1S/C22H27N9O7S3/c1-22(2,3)19(35)38-9-37-18(34)14-10(7-41-21-26-28-29-30(21)4)6-39-17-13(16(33)31(14)17)25-15(32)12(27-36-5)11-8-40-20(23)24-11/h8,13,17H,6-7,9H2,1-5H3,(H2,23,24)(H,25,32)/b27-12-/t13?,17-/m1/s1. The van der Waals surface area contributed by atoms with Crippen LogP contribution in [-0.2, 0) is 40.5 Å². The number of nitrogens with zero attached hydrogens (tertiary/aromatic N) is 7. The first-order valence-electron chi connectivity index (χ1n) is 11.9. The lowest BCUT2D eigenvalue weighted by Crippen LogP contribution is -2.71. The number of amides is 2. The number of carbonyl (C=O) groups is 4. The van der Waals surface area contributed by atoms with Crippen LogP contribution in [0.15, 0.2) is 27.0 Å². The third kappa shape index (κ3) is 6.62. The molecule has 3 N–H and O–H groups in total. The topological polar surface area (TPSA) is 206 Å². The molecule has 2 aliphatic heterocycles.